The van der Waals surface area contributed by atoms with Crippen molar-refractivity contribution in [3.63, 3.8) is 0 Å². The van der Waals surface area contributed by atoms with Gasteiger partial charge in [-0.1, -0.05) is 44.2 Å². The fourth-order valence-corrected chi connectivity index (χ4v) is 5.03. The van der Waals surface area contributed by atoms with Gasteiger partial charge in [0.1, 0.15) is 5.82 Å². The molecule has 0 amide bonds. The van der Waals surface area contributed by atoms with Crippen molar-refractivity contribution in [3.8, 4) is 22.4 Å². The van der Waals surface area contributed by atoms with Gasteiger partial charge in [-0.25, -0.2) is 4.39 Å². The van der Waals surface area contributed by atoms with Crippen LogP contribution < -0.4 is 0 Å². The average molecular weight is 480 g/mol. The summed E-state index contributed by atoms with van der Waals surface area (Å²) in [4.78, 5) is 11.3. The summed E-state index contributed by atoms with van der Waals surface area (Å²) in [6.45, 7) is 8.70. The highest BCUT2D eigenvalue weighted by atomic mass is 19.1. The molecule has 2 aromatic carbocycles. The second kappa shape index (κ2) is 10.3. The van der Waals surface area contributed by atoms with Gasteiger partial charge in [-0.05, 0) is 67.6 Å². The molecule has 1 N–H and O–H groups in total. The Balaban J connectivity index is 1.71. The molecule has 1 saturated heterocycles. The lowest BCUT2D eigenvalue weighted by atomic mass is 10.0. The minimum Gasteiger partial charge on any atom is -0.481 e. The Labute approximate surface area is 206 Å². The Bertz CT molecular complexity index is 1150. The van der Waals surface area contributed by atoms with Crippen LogP contribution in [0.25, 0.3) is 22.4 Å². The van der Waals surface area contributed by atoms with Crippen molar-refractivity contribution in [2.75, 3.05) is 0 Å². The largest absolute Gasteiger partial charge is 0.481 e. The zero-order valence-electron chi connectivity index (χ0n) is 20.8. The van der Waals surface area contributed by atoms with Gasteiger partial charge in [0.05, 0.1) is 24.3 Å². The predicted octanol–water partition coefficient (Wildman–Crippen LogP) is 6.86. The summed E-state index contributed by atoms with van der Waals surface area (Å²) in [6.07, 6.45) is 0.687. The molecule has 0 unspecified atom stereocenters. The molecular weight excluding hydrogens is 445 g/mol. The van der Waals surface area contributed by atoms with Crippen LogP contribution in [0.3, 0.4) is 0 Å². The van der Waals surface area contributed by atoms with E-state index in [1.165, 1.54) is 17.8 Å². The maximum absolute atomic E-state index is 13.8. The normalized spacial score (nSPS) is 19.7. The summed E-state index contributed by atoms with van der Waals surface area (Å²) >= 11 is 0. The molecule has 0 saturated carbocycles. The van der Waals surface area contributed by atoms with Gasteiger partial charge >= 0.3 is 5.97 Å². The van der Waals surface area contributed by atoms with Crippen molar-refractivity contribution in [1.29, 1.82) is 0 Å². The van der Waals surface area contributed by atoms with Gasteiger partial charge in [0.15, 0.2) is 5.79 Å². The van der Waals surface area contributed by atoms with E-state index in [0.717, 1.165) is 22.4 Å². The summed E-state index contributed by atoms with van der Waals surface area (Å²) in [6, 6.07) is 19.1. The number of carboxylic acid groups (broad SMARTS) is 1. The van der Waals surface area contributed by atoms with Gasteiger partial charge in [-0.2, -0.15) is 0 Å². The number of hydrogen-bond donors (Lipinski definition) is 1. The Hall–Kier alpha value is -2.96. The SMILES string of the molecule is CC(C)c1cc(-c2ccccc2)c(-c2ccc(F)cc2)n1CC[C@@H]1C[C@H](CC(=O)O)OC(C)(C)O1. The van der Waals surface area contributed by atoms with Crippen LogP contribution in [-0.2, 0) is 20.8 Å². The summed E-state index contributed by atoms with van der Waals surface area (Å²) in [5, 5.41) is 9.27. The zero-order valence-corrected chi connectivity index (χ0v) is 20.8. The lowest BCUT2D eigenvalue weighted by Gasteiger charge is -2.40. The molecule has 35 heavy (non-hydrogen) atoms. The first-order valence-electron chi connectivity index (χ1n) is 12.2. The van der Waals surface area contributed by atoms with Gasteiger partial charge in [0.25, 0.3) is 0 Å². The van der Waals surface area contributed by atoms with Crippen LogP contribution in [0, 0.1) is 5.82 Å². The van der Waals surface area contributed by atoms with Crippen molar-refractivity contribution >= 4 is 5.97 Å². The molecule has 1 aliphatic rings. The molecular formula is C29H34FNO4. The molecule has 5 nitrogen and oxygen atoms in total. The number of carboxylic acids is 1. The number of benzene rings is 2. The standard InChI is InChI=1S/C29H34FNO4/c1-19(2)26-18-25(20-8-6-5-7-9-20)28(21-10-12-22(30)13-11-21)31(26)15-14-23-16-24(17-27(32)33)35-29(3,4)34-23/h5-13,18-19,23-24H,14-17H2,1-4H3,(H,32,33)/t23-,24-/m1/s1. The monoisotopic (exact) mass is 479 g/mol. The van der Waals surface area contributed by atoms with E-state index in [1.807, 2.05) is 44.2 Å². The van der Waals surface area contributed by atoms with E-state index < -0.39 is 11.8 Å². The van der Waals surface area contributed by atoms with Crippen LogP contribution >= 0.6 is 0 Å². The van der Waals surface area contributed by atoms with Gasteiger partial charge in [0.2, 0.25) is 0 Å². The Morgan fingerprint density at radius 3 is 2.34 bits per heavy atom. The molecule has 1 fully saturated rings. The molecule has 2 atom stereocenters. The Morgan fingerprint density at radius 2 is 1.71 bits per heavy atom. The summed E-state index contributed by atoms with van der Waals surface area (Å²) < 4.78 is 28.1. The van der Waals surface area contributed by atoms with Crippen LogP contribution in [-0.4, -0.2) is 33.6 Å². The third-order valence-corrected chi connectivity index (χ3v) is 6.43. The van der Waals surface area contributed by atoms with Crippen LogP contribution in [0.4, 0.5) is 4.39 Å². The Kier molecular flexibility index (Phi) is 7.43. The van der Waals surface area contributed by atoms with Crippen LogP contribution in [0.5, 0.6) is 0 Å². The number of hydrogen-bond acceptors (Lipinski definition) is 3. The first-order chi connectivity index (χ1) is 16.6. The first-order valence-corrected chi connectivity index (χ1v) is 12.2. The minimum absolute atomic E-state index is 0.0387. The quantitative estimate of drug-likeness (QED) is 0.383. The number of aliphatic carboxylic acids is 1. The van der Waals surface area contributed by atoms with Crippen molar-refractivity contribution in [3.05, 3.63) is 72.2 Å². The minimum atomic E-state index is -0.870. The predicted molar refractivity (Wildman–Crippen MR) is 135 cm³/mol. The van der Waals surface area contributed by atoms with E-state index in [9.17, 15) is 14.3 Å². The second-order valence-corrected chi connectivity index (χ2v) is 10.0. The number of carbonyl (C=O) groups is 1. The van der Waals surface area contributed by atoms with Gasteiger partial charge < -0.3 is 19.1 Å². The maximum Gasteiger partial charge on any atom is 0.305 e. The molecule has 0 aliphatic carbocycles. The molecule has 4 rings (SSSR count). The topological polar surface area (TPSA) is 60.7 Å². The van der Waals surface area contributed by atoms with E-state index in [4.69, 9.17) is 9.47 Å². The third-order valence-electron chi connectivity index (χ3n) is 6.43. The molecule has 1 aromatic heterocycles. The van der Waals surface area contributed by atoms with Gasteiger partial charge in [0, 0.05) is 24.2 Å². The van der Waals surface area contributed by atoms with E-state index >= 15 is 0 Å². The molecule has 2 heterocycles. The number of nitrogens with zero attached hydrogens (tertiary/aromatic N) is 1. The molecule has 0 spiro atoms. The fourth-order valence-electron chi connectivity index (χ4n) is 5.03. The lowest BCUT2D eigenvalue weighted by molar-refractivity contribution is -0.300. The molecule has 1 aliphatic heterocycles. The molecule has 3 aromatic rings. The maximum atomic E-state index is 13.8. The summed E-state index contributed by atoms with van der Waals surface area (Å²) in [7, 11) is 0. The van der Waals surface area contributed by atoms with Gasteiger partial charge in [-0.15, -0.1) is 0 Å². The second-order valence-electron chi connectivity index (χ2n) is 10.0. The number of rotatable bonds is 8. The highest BCUT2D eigenvalue weighted by Gasteiger charge is 2.36. The molecule has 0 radical (unpaired) electrons. The Morgan fingerprint density at radius 1 is 1.06 bits per heavy atom. The number of aromatic nitrogens is 1. The van der Waals surface area contributed by atoms with Crippen LogP contribution in [0.15, 0.2) is 60.7 Å². The number of halogens is 1. The molecule has 6 heteroatoms. The van der Waals surface area contributed by atoms with E-state index in [0.29, 0.717) is 19.4 Å². The number of ether oxygens (including phenoxy) is 2. The highest BCUT2D eigenvalue weighted by molar-refractivity contribution is 5.82. The van der Waals surface area contributed by atoms with Crippen molar-refractivity contribution < 1.29 is 23.8 Å². The van der Waals surface area contributed by atoms with Crippen molar-refractivity contribution in [1.82, 2.24) is 4.57 Å². The summed E-state index contributed by atoms with van der Waals surface area (Å²) in [5.41, 5.74) is 5.41. The molecule has 0 bridgehead atoms. The van der Waals surface area contributed by atoms with Gasteiger partial charge in [-0.3, -0.25) is 4.79 Å². The first kappa shape index (κ1) is 25.1. The summed E-state index contributed by atoms with van der Waals surface area (Å²) in [5.74, 6) is -1.70. The van der Waals surface area contributed by atoms with E-state index in [2.05, 4.69) is 36.6 Å². The van der Waals surface area contributed by atoms with Crippen molar-refractivity contribution in [2.45, 2.75) is 77.4 Å². The zero-order chi connectivity index (χ0) is 25.2. The third kappa shape index (κ3) is 6.00. The molecule has 186 valence electrons. The smallest absolute Gasteiger partial charge is 0.305 e. The van der Waals surface area contributed by atoms with E-state index in [-0.39, 0.29) is 30.4 Å². The average Bonchev–Trinajstić information content (AvgIpc) is 3.17. The van der Waals surface area contributed by atoms with E-state index in [1.54, 1.807) is 0 Å². The highest BCUT2D eigenvalue weighted by Crippen LogP contribution is 2.39. The van der Waals surface area contributed by atoms with Crippen LogP contribution in [0.2, 0.25) is 0 Å². The fraction of sp³-hybridized carbons (Fsp3) is 0.414. The lowest BCUT2D eigenvalue weighted by Crippen LogP contribution is -2.45. The van der Waals surface area contributed by atoms with Crippen molar-refractivity contribution in [2.24, 2.45) is 0 Å². The van der Waals surface area contributed by atoms with Crippen LogP contribution in [0.1, 0.15) is 58.6 Å².